The van der Waals surface area contributed by atoms with Gasteiger partial charge in [0, 0.05) is 59.6 Å². The maximum absolute atomic E-state index is 14.2. The van der Waals surface area contributed by atoms with E-state index in [0.29, 0.717) is 47.2 Å². The van der Waals surface area contributed by atoms with Crippen LogP contribution in [0.2, 0.25) is 0 Å². The molecule has 0 saturated heterocycles. The first-order valence-electron chi connectivity index (χ1n) is 14.8. The van der Waals surface area contributed by atoms with Crippen LogP contribution >= 0.6 is 0 Å². The van der Waals surface area contributed by atoms with Crippen LogP contribution in [0, 0.1) is 32.6 Å². The second-order valence-corrected chi connectivity index (χ2v) is 12.5. The summed E-state index contributed by atoms with van der Waals surface area (Å²) in [6.45, 7) is 8.31. The number of hydrogen-bond acceptors (Lipinski definition) is 6. The molecule has 0 bridgehead atoms. The molecule has 1 saturated carbocycles. The molecule has 1 fully saturated rings. The van der Waals surface area contributed by atoms with Crippen molar-refractivity contribution in [1.29, 1.82) is 0 Å². The summed E-state index contributed by atoms with van der Waals surface area (Å²) in [5.74, 6) is -0.270. The Morgan fingerprint density at radius 2 is 1.79 bits per heavy atom. The Kier molecular flexibility index (Phi) is 7.12. The smallest absolute Gasteiger partial charge is 0.254 e. The number of ether oxygens (including phenoxy) is 2. The number of nitrogens with one attached hydrogen (secondary N) is 1. The lowest BCUT2D eigenvalue weighted by molar-refractivity contribution is -0.123. The molecule has 1 amide bonds. The summed E-state index contributed by atoms with van der Waals surface area (Å²) in [6, 6.07) is 5.47. The lowest BCUT2D eigenvalue weighted by atomic mass is 9.81. The molecule has 1 aromatic carbocycles. The lowest BCUT2D eigenvalue weighted by Gasteiger charge is -2.39. The first kappa shape index (κ1) is 28.4. The number of aromatic nitrogens is 2. The zero-order chi connectivity index (χ0) is 29.9. The molecule has 1 unspecified atom stereocenters. The standard InChI is InChI=1S/C33H39FN4O4/c1-18-15-19(2)36-31(39)25(18)17-38-14-13-24-27(32(38)40)20(3)29-30(28(24)21-7-12-26(34)35-16-21)42-33(4,41-29)22-8-10-23(11-9-22)37(5)6/h7,12,15-16,22-23H,8-11,13-14,17H2,1-6H3,(H,36,39). The predicted molar refractivity (Wildman–Crippen MR) is 158 cm³/mol. The van der Waals surface area contributed by atoms with Crippen LogP contribution in [-0.2, 0) is 13.0 Å². The van der Waals surface area contributed by atoms with Crippen molar-refractivity contribution in [1.82, 2.24) is 19.8 Å². The molecule has 222 valence electrons. The number of nitrogens with zero attached hydrogens (tertiary/aromatic N) is 3. The minimum Gasteiger partial charge on any atom is -0.448 e. The monoisotopic (exact) mass is 574 g/mol. The van der Waals surface area contributed by atoms with Crippen LogP contribution in [0.4, 0.5) is 4.39 Å². The third-order valence-electron chi connectivity index (χ3n) is 9.52. The molecule has 42 heavy (non-hydrogen) atoms. The zero-order valence-electron chi connectivity index (χ0n) is 25.3. The summed E-state index contributed by atoms with van der Waals surface area (Å²) in [6.07, 6.45) is 6.11. The number of aromatic amines is 1. The number of aryl methyl sites for hydroxylation is 2. The Morgan fingerprint density at radius 1 is 1.07 bits per heavy atom. The van der Waals surface area contributed by atoms with Crippen LogP contribution in [0.1, 0.15) is 70.9 Å². The van der Waals surface area contributed by atoms with Crippen molar-refractivity contribution >= 4 is 5.91 Å². The summed E-state index contributed by atoms with van der Waals surface area (Å²) in [5.41, 5.74) is 5.61. The van der Waals surface area contributed by atoms with E-state index in [2.05, 4.69) is 29.0 Å². The van der Waals surface area contributed by atoms with Gasteiger partial charge in [-0.25, -0.2) is 4.98 Å². The number of halogens is 1. The molecular weight excluding hydrogens is 535 g/mol. The fourth-order valence-electron chi connectivity index (χ4n) is 7.11. The SMILES string of the molecule is Cc1cc(C)c(CN2CCc3c(c(C)c4c(c3-c3ccc(F)nc3)OC(C)(C3CCC(N(C)C)CC3)O4)C2=O)c(=O)[nH]1. The van der Waals surface area contributed by atoms with E-state index in [0.717, 1.165) is 53.6 Å². The van der Waals surface area contributed by atoms with Crippen LogP contribution in [0.15, 0.2) is 29.2 Å². The number of fused-ring (bicyclic) bond motifs is 2. The van der Waals surface area contributed by atoms with E-state index in [9.17, 15) is 14.0 Å². The summed E-state index contributed by atoms with van der Waals surface area (Å²) in [4.78, 5) is 37.7. The average Bonchev–Trinajstić information content (AvgIpc) is 3.31. The summed E-state index contributed by atoms with van der Waals surface area (Å²) >= 11 is 0. The van der Waals surface area contributed by atoms with Gasteiger partial charge in [0.2, 0.25) is 5.95 Å². The predicted octanol–water partition coefficient (Wildman–Crippen LogP) is 5.31. The van der Waals surface area contributed by atoms with Gasteiger partial charge in [0.1, 0.15) is 0 Å². The van der Waals surface area contributed by atoms with Crippen molar-refractivity contribution in [3.05, 3.63) is 74.2 Å². The Bertz CT molecular complexity index is 1610. The van der Waals surface area contributed by atoms with E-state index >= 15 is 0 Å². The first-order chi connectivity index (χ1) is 20.0. The largest absolute Gasteiger partial charge is 0.448 e. The topological polar surface area (TPSA) is 87.8 Å². The first-order valence-corrected chi connectivity index (χ1v) is 14.8. The van der Waals surface area contributed by atoms with E-state index in [1.165, 1.54) is 12.3 Å². The highest BCUT2D eigenvalue weighted by molar-refractivity contribution is 6.02. The molecular formula is C33H39FN4O4. The van der Waals surface area contributed by atoms with Gasteiger partial charge in [-0.05, 0) is 96.3 Å². The molecule has 3 aliphatic rings. The van der Waals surface area contributed by atoms with E-state index in [1.54, 1.807) is 11.0 Å². The number of hydrogen-bond donors (Lipinski definition) is 1. The number of H-pyrrole nitrogens is 1. The summed E-state index contributed by atoms with van der Waals surface area (Å²) < 4.78 is 27.4. The highest BCUT2D eigenvalue weighted by atomic mass is 19.1. The molecule has 1 N–H and O–H groups in total. The van der Waals surface area contributed by atoms with Gasteiger partial charge in [0.05, 0.1) is 12.1 Å². The van der Waals surface area contributed by atoms with Gasteiger partial charge in [-0.1, -0.05) is 0 Å². The third-order valence-corrected chi connectivity index (χ3v) is 9.52. The molecule has 9 heteroatoms. The maximum Gasteiger partial charge on any atom is 0.254 e. The second kappa shape index (κ2) is 10.5. The van der Waals surface area contributed by atoms with E-state index in [4.69, 9.17) is 9.47 Å². The molecule has 4 heterocycles. The average molecular weight is 575 g/mol. The van der Waals surface area contributed by atoms with Crippen molar-refractivity contribution in [3.63, 3.8) is 0 Å². The molecule has 1 atom stereocenters. The molecule has 2 aromatic heterocycles. The van der Waals surface area contributed by atoms with Crippen LogP contribution in [0.25, 0.3) is 11.1 Å². The molecule has 3 aromatic rings. The quantitative estimate of drug-likeness (QED) is 0.416. The zero-order valence-corrected chi connectivity index (χ0v) is 25.3. The van der Waals surface area contributed by atoms with E-state index in [-0.39, 0.29) is 23.9 Å². The fourth-order valence-corrected chi connectivity index (χ4v) is 7.11. The maximum atomic E-state index is 14.2. The highest BCUT2D eigenvalue weighted by Crippen LogP contribution is 2.55. The van der Waals surface area contributed by atoms with Gasteiger partial charge in [-0.2, -0.15) is 4.39 Å². The second-order valence-electron chi connectivity index (χ2n) is 12.5. The van der Waals surface area contributed by atoms with Crippen LogP contribution in [0.5, 0.6) is 11.5 Å². The minimum absolute atomic E-state index is 0.157. The van der Waals surface area contributed by atoms with Gasteiger partial charge in [0.15, 0.2) is 11.5 Å². The Hall–Kier alpha value is -3.72. The molecule has 2 aliphatic heterocycles. The van der Waals surface area contributed by atoms with Crippen LogP contribution in [-0.4, -0.2) is 58.1 Å². The van der Waals surface area contributed by atoms with Crippen molar-refractivity contribution in [3.8, 4) is 22.6 Å². The molecule has 8 nitrogen and oxygen atoms in total. The van der Waals surface area contributed by atoms with Gasteiger partial charge in [-0.3, -0.25) is 9.59 Å². The molecule has 0 radical (unpaired) electrons. The van der Waals surface area contributed by atoms with Gasteiger partial charge in [0.25, 0.3) is 17.3 Å². The number of carbonyl (C=O) groups is 1. The Labute approximate surface area is 245 Å². The number of pyridine rings is 2. The number of carbonyl (C=O) groups excluding carboxylic acids is 1. The molecule has 6 rings (SSSR count). The third kappa shape index (κ3) is 4.77. The van der Waals surface area contributed by atoms with Crippen molar-refractivity contribution < 1.29 is 18.7 Å². The number of benzene rings is 1. The minimum atomic E-state index is -0.883. The Balaban J connectivity index is 1.41. The lowest BCUT2D eigenvalue weighted by Crippen LogP contribution is -2.46. The number of amides is 1. The molecule has 1 aliphatic carbocycles. The van der Waals surface area contributed by atoms with Gasteiger partial charge >= 0.3 is 0 Å². The van der Waals surface area contributed by atoms with Gasteiger partial charge < -0.3 is 24.3 Å². The van der Waals surface area contributed by atoms with Crippen molar-refractivity contribution in [2.75, 3.05) is 20.6 Å². The summed E-state index contributed by atoms with van der Waals surface area (Å²) in [5, 5.41) is 0. The van der Waals surface area contributed by atoms with Crippen LogP contribution in [0.3, 0.4) is 0 Å². The van der Waals surface area contributed by atoms with Crippen LogP contribution < -0.4 is 15.0 Å². The molecule has 0 spiro atoms. The normalized spacial score (nSPS) is 23.4. The van der Waals surface area contributed by atoms with Crippen molar-refractivity contribution in [2.45, 2.75) is 78.2 Å². The van der Waals surface area contributed by atoms with E-state index in [1.807, 2.05) is 33.8 Å². The fraction of sp³-hybridized carbons (Fsp3) is 0.485. The van der Waals surface area contributed by atoms with Crippen molar-refractivity contribution in [2.24, 2.45) is 5.92 Å². The summed E-state index contributed by atoms with van der Waals surface area (Å²) in [7, 11) is 4.25. The number of rotatable bonds is 5. The Morgan fingerprint density at radius 3 is 2.43 bits per heavy atom. The van der Waals surface area contributed by atoms with E-state index < -0.39 is 11.7 Å². The highest BCUT2D eigenvalue weighted by Gasteiger charge is 2.49. The van der Waals surface area contributed by atoms with Gasteiger partial charge in [-0.15, -0.1) is 0 Å².